The molecule has 2 heterocycles. The second-order valence-corrected chi connectivity index (χ2v) is 8.72. The van der Waals surface area contributed by atoms with Gasteiger partial charge in [0, 0.05) is 56.5 Å². The van der Waals surface area contributed by atoms with Gasteiger partial charge < -0.3 is 25.2 Å². The highest BCUT2D eigenvalue weighted by atomic mass is 127. The van der Waals surface area contributed by atoms with Crippen molar-refractivity contribution in [2.45, 2.75) is 18.9 Å². The predicted octanol–water partition coefficient (Wildman–Crippen LogP) is 4.24. The van der Waals surface area contributed by atoms with E-state index in [0.717, 1.165) is 62.3 Å². The summed E-state index contributed by atoms with van der Waals surface area (Å²) in [7, 11) is 3.58. The summed E-state index contributed by atoms with van der Waals surface area (Å²) in [6.45, 7) is 4.96. The third kappa shape index (κ3) is 6.13. The Morgan fingerprint density at radius 2 is 1.91 bits per heavy atom. The zero-order valence-corrected chi connectivity index (χ0v) is 21.8. The average molecular weight is 570 g/mol. The third-order valence-electron chi connectivity index (χ3n) is 6.20. The molecule has 2 aromatic rings. The van der Waals surface area contributed by atoms with Gasteiger partial charge >= 0.3 is 0 Å². The molecular formula is C24H33ClIN5O. The zero-order valence-electron chi connectivity index (χ0n) is 18.8. The molecule has 2 aliphatic heterocycles. The van der Waals surface area contributed by atoms with E-state index in [9.17, 15) is 0 Å². The van der Waals surface area contributed by atoms with Crippen LogP contribution < -0.4 is 25.2 Å². The fourth-order valence-electron chi connectivity index (χ4n) is 4.52. The minimum Gasteiger partial charge on any atom is -0.495 e. The van der Waals surface area contributed by atoms with E-state index in [1.54, 1.807) is 7.11 Å². The maximum atomic E-state index is 6.15. The third-order valence-corrected chi connectivity index (χ3v) is 6.43. The largest absolute Gasteiger partial charge is 0.495 e. The van der Waals surface area contributed by atoms with Gasteiger partial charge in [-0.25, -0.2) is 0 Å². The molecule has 32 heavy (non-hydrogen) atoms. The number of nitrogens with zero attached hydrogens (tertiary/aromatic N) is 3. The Balaban J connectivity index is 0.00000289. The van der Waals surface area contributed by atoms with Crippen LogP contribution in [0.3, 0.4) is 0 Å². The molecule has 0 saturated carbocycles. The molecule has 4 rings (SSSR count). The molecule has 0 radical (unpaired) electrons. The number of hydrogen-bond acceptors (Lipinski definition) is 4. The monoisotopic (exact) mass is 569 g/mol. The fourth-order valence-corrected chi connectivity index (χ4v) is 4.71. The maximum Gasteiger partial charge on any atom is 0.191 e. The van der Waals surface area contributed by atoms with Crippen LogP contribution in [0.5, 0.6) is 5.75 Å². The molecule has 8 heteroatoms. The Kier molecular flexibility index (Phi) is 9.16. The van der Waals surface area contributed by atoms with Crippen LogP contribution in [0.2, 0.25) is 5.02 Å². The normalized spacial score (nSPS) is 20.8. The molecule has 2 N–H and O–H groups in total. The first-order chi connectivity index (χ1) is 15.2. The summed E-state index contributed by atoms with van der Waals surface area (Å²) in [4.78, 5) is 9.24. The van der Waals surface area contributed by atoms with Crippen LogP contribution in [-0.2, 0) is 0 Å². The number of hydrogen-bond donors (Lipinski definition) is 2. The van der Waals surface area contributed by atoms with Gasteiger partial charge in [0.2, 0.25) is 0 Å². The number of benzene rings is 2. The van der Waals surface area contributed by atoms with Gasteiger partial charge in [0.1, 0.15) is 5.75 Å². The Hall–Kier alpha value is -1.87. The summed E-state index contributed by atoms with van der Waals surface area (Å²) in [6, 6.07) is 16.7. The lowest BCUT2D eigenvalue weighted by molar-refractivity contribution is 0.414. The smallest absolute Gasteiger partial charge is 0.191 e. The predicted molar refractivity (Wildman–Crippen MR) is 145 cm³/mol. The minimum absolute atomic E-state index is 0. The van der Waals surface area contributed by atoms with Gasteiger partial charge in [-0.3, -0.25) is 4.99 Å². The molecule has 0 aromatic heterocycles. The number of para-hydroxylation sites is 2. The molecule has 0 spiro atoms. The van der Waals surface area contributed by atoms with Crippen molar-refractivity contribution in [2.75, 3.05) is 56.7 Å². The molecule has 0 bridgehead atoms. The molecular weight excluding hydrogens is 537 g/mol. The number of ether oxygens (including phenoxy) is 1. The summed E-state index contributed by atoms with van der Waals surface area (Å²) in [6.07, 6.45) is 2.24. The van der Waals surface area contributed by atoms with E-state index < -0.39 is 0 Å². The van der Waals surface area contributed by atoms with Crippen molar-refractivity contribution < 1.29 is 4.74 Å². The molecule has 2 fully saturated rings. The second kappa shape index (κ2) is 11.8. The van der Waals surface area contributed by atoms with Crippen LogP contribution in [0.4, 0.5) is 11.4 Å². The standard InChI is InChI=1S/C24H32ClN5O.HI/c1-26-24(28-20-11-13-29(17-20)21-7-5-6-19(25)14-21)27-15-18-10-12-30(16-18)22-8-3-4-9-23(22)31-2;/h3-9,14,18,20H,10-13,15-17H2,1-2H3,(H2,26,27,28);1H. The number of guanidine groups is 1. The van der Waals surface area contributed by atoms with Gasteiger partial charge in [0.15, 0.2) is 5.96 Å². The van der Waals surface area contributed by atoms with Crippen LogP contribution in [-0.4, -0.2) is 58.9 Å². The number of aliphatic imine (C=N–C) groups is 1. The van der Waals surface area contributed by atoms with Crippen molar-refractivity contribution in [2.24, 2.45) is 10.9 Å². The van der Waals surface area contributed by atoms with Crippen LogP contribution in [0.25, 0.3) is 0 Å². The molecule has 2 saturated heterocycles. The minimum atomic E-state index is 0. The van der Waals surface area contributed by atoms with E-state index in [-0.39, 0.29) is 24.0 Å². The first-order valence-corrected chi connectivity index (χ1v) is 11.4. The van der Waals surface area contributed by atoms with Crippen molar-refractivity contribution in [3.63, 3.8) is 0 Å². The summed E-state index contributed by atoms with van der Waals surface area (Å²) in [5, 5.41) is 7.92. The van der Waals surface area contributed by atoms with E-state index in [4.69, 9.17) is 16.3 Å². The first kappa shape index (κ1) is 24.8. The van der Waals surface area contributed by atoms with Crippen LogP contribution in [0, 0.1) is 5.92 Å². The van der Waals surface area contributed by atoms with Crippen molar-refractivity contribution in [3.8, 4) is 5.75 Å². The van der Waals surface area contributed by atoms with Gasteiger partial charge in [-0.05, 0) is 49.1 Å². The highest BCUT2D eigenvalue weighted by Gasteiger charge is 2.26. The van der Waals surface area contributed by atoms with Crippen molar-refractivity contribution in [1.82, 2.24) is 10.6 Å². The molecule has 2 atom stereocenters. The molecule has 2 unspecified atom stereocenters. The maximum absolute atomic E-state index is 6.15. The molecule has 2 aromatic carbocycles. The SMILES string of the molecule is CN=C(NCC1CCN(c2ccccc2OC)C1)NC1CCN(c2cccc(Cl)c2)C1.I. The summed E-state index contributed by atoms with van der Waals surface area (Å²) >= 11 is 6.15. The lowest BCUT2D eigenvalue weighted by Gasteiger charge is -2.22. The molecule has 2 aliphatic rings. The Labute approximate surface area is 213 Å². The van der Waals surface area contributed by atoms with Crippen LogP contribution in [0.15, 0.2) is 53.5 Å². The summed E-state index contributed by atoms with van der Waals surface area (Å²) in [5.41, 5.74) is 2.37. The number of halogens is 2. The zero-order chi connectivity index (χ0) is 21.6. The summed E-state index contributed by atoms with van der Waals surface area (Å²) < 4.78 is 5.53. The molecule has 6 nitrogen and oxygen atoms in total. The van der Waals surface area contributed by atoms with Gasteiger partial charge in [-0.15, -0.1) is 24.0 Å². The highest BCUT2D eigenvalue weighted by molar-refractivity contribution is 14.0. The van der Waals surface area contributed by atoms with Gasteiger partial charge in [-0.2, -0.15) is 0 Å². The Morgan fingerprint density at radius 1 is 1.09 bits per heavy atom. The van der Waals surface area contributed by atoms with Crippen molar-refractivity contribution in [1.29, 1.82) is 0 Å². The molecule has 0 aliphatic carbocycles. The average Bonchev–Trinajstić information content (AvgIpc) is 3.46. The van der Waals surface area contributed by atoms with Gasteiger partial charge in [0.05, 0.1) is 12.8 Å². The molecule has 0 amide bonds. The Bertz CT molecular complexity index is 911. The van der Waals surface area contributed by atoms with E-state index in [1.807, 2.05) is 37.4 Å². The van der Waals surface area contributed by atoms with E-state index in [0.29, 0.717) is 12.0 Å². The Morgan fingerprint density at radius 3 is 2.69 bits per heavy atom. The van der Waals surface area contributed by atoms with Gasteiger partial charge in [-0.1, -0.05) is 29.8 Å². The van der Waals surface area contributed by atoms with Crippen molar-refractivity contribution in [3.05, 3.63) is 53.6 Å². The topological polar surface area (TPSA) is 52.1 Å². The van der Waals surface area contributed by atoms with E-state index in [1.165, 1.54) is 11.4 Å². The summed E-state index contributed by atoms with van der Waals surface area (Å²) in [5.74, 6) is 2.41. The lowest BCUT2D eigenvalue weighted by Crippen LogP contribution is -2.46. The highest BCUT2D eigenvalue weighted by Crippen LogP contribution is 2.31. The fraction of sp³-hybridized carbons (Fsp3) is 0.458. The number of methoxy groups -OCH3 is 1. The van der Waals surface area contributed by atoms with Gasteiger partial charge in [0.25, 0.3) is 0 Å². The lowest BCUT2D eigenvalue weighted by atomic mass is 10.1. The second-order valence-electron chi connectivity index (χ2n) is 8.28. The van der Waals surface area contributed by atoms with Crippen molar-refractivity contribution >= 4 is 52.9 Å². The molecule has 174 valence electrons. The quantitative estimate of drug-likeness (QED) is 0.310. The van der Waals surface area contributed by atoms with Crippen LogP contribution >= 0.6 is 35.6 Å². The number of anilines is 2. The van der Waals surface area contributed by atoms with E-state index in [2.05, 4.69) is 43.6 Å². The number of rotatable bonds is 6. The van der Waals surface area contributed by atoms with Crippen LogP contribution in [0.1, 0.15) is 12.8 Å². The van der Waals surface area contributed by atoms with E-state index >= 15 is 0 Å². The first-order valence-electron chi connectivity index (χ1n) is 11.0. The number of nitrogens with one attached hydrogen (secondary N) is 2.